The van der Waals surface area contributed by atoms with Crippen molar-refractivity contribution in [1.29, 1.82) is 0 Å². The summed E-state index contributed by atoms with van der Waals surface area (Å²) in [4.78, 5) is 2.66. The molecule has 0 fully saturated rings. The van der Waals surface area contributed by atoms with E-state index in [1.165, 1.54) is 0 Å². The van der Waals surface area contributed by atoms with Gasteiger partial charge in [0.25, 0.3) is 0 Å². The highest BCUT2D eigenvalue weighted by atomic mass is 79.9. The Labute approximate surface area is 78.5 Å². The predicted molar refractivity (Wildman–Crippen MR) is 52.3 cm³/mol. The van der Waals surface area contributed by atoms with Crippen molar-refractivity contribution in [2.75, 3.05) is 0 Å². The Bertz CT molecular complexity index is 353. The van der Waals surface area contributed by atoms with E-state index in [-0.39, 0.29) is 0 Å². The monoisotopic (exact) mass is 223 g/mol. The third-order valence-electron chi connectivity index (χ3n) is 1.35. The van der Waals surface area contributed by atoms with Gasteiger partial charge in [-0.05, 0) is 17.2 Å². The molecular formula is C8H6BrN3. The van der Waals surface area contributed by atoms with E-state index in [0.29, 0.717) is 5.70 Å². The van der Waals surface area contributed by atoms with Gasteiger partial charge in [0, 0.05) is 15.1 Å². The number of azide groups is 1. The third-order valence-corrected chi connectivity index (χ3v) is 2.04. The summed E-state index contributed by atoms with van der Waals surface area (Å²) >= 11 is 3.32. The Balaban J connectivity index is 3.11. The average Bonchev–Trinajstić information content (AvgIpc) is 2.05. The first-order chi connectivity index (χ1) is 5.75. The molecule has 0 N–H and O–H groups in total. The molecule has 0 saturated heterocycles. The van der Waals surface area contributed by atoms with Gasteiger partial charge in [-0.25, -0.2) is 0 Å². The molecule has 0 heterocycles. The molecule has 60 valence electrons. The third kappa shape index (κ3) is 1.87. The summed E-state index contributed by atoms with van der Waals surface area (Å²) in [5.41, 5.74) is 9.41. The van der Waals surface area contributed by atoms with Crippen LogP contribution in [0, 0.1) is 0 Å². The second-order valence-electron chi connectivity index (χ2n) is 2.12. The van der Waals surface area contributed by atoms with E-state index in [2.05, 4.69) is 32.5 Å². The van der Waals surface area contributed by atoms with Crippen molar-refractivity contribution < 1.29 is 0 Å². The minimum atomic E-state index is 0.421. The van der Waals surface area contributed by atoms with Gasteiger partial charge < -0.3 is 0 Å². The lowest BCUT2D eigenvalue weighted by atomic mass is 10.2. The maximum absolute atomic E-state index is 8.17. The van der Waals surface area contributed by atoms with Crippen LogP contribution >= 0.6 is 15.9 Å². The van der Waals surface area contributed by atoms with Gasteiger partial charge in [-0.3, -0.25) is 0 Å². The van der Waals surface area contributed by atoms with Crippen molar-refractivity contribution in [2.45, 2.75) is 0 Å². The molecule has 0 spiro atoms. The standard InChI is InChI=1S/C8H6BrN3/c1-6(11-12-10)7-4-2-3-5-8(7)9/h2-5H,1H2. The van der Waals surface area contributed by atoms with Gasteiger partial charge in [0.15, 0.2) is 0 Å². The second-order valence-corrected chi connectivity index (χ2v) is 2.97. The van der Waals surface area contributed by atoms with Crippen LogP contribution < -0.4 is 0 Å². The van der Waals surface area contributed by atoms with Crippen LogP contribution in [0.25, 0.3) is 16.1 Å². The first-order valence-electron chi connectivity index (χ1n) is 3.24. The van der Waals surface area contributed by atoms with Crippen LogP contribution in [0.5, 0.6) is 0 Å². The minimum absolute atomic E-state index is 0.421. The van der Waals surface area contributed by atoms with Gasteiger partial charge >= 0.3 is 0 Å². The number of benzene rings is 1. The molecule has 0 atom stereocenters. The van der Waals surface area contributed by atoms with Crippen molar-refractivity contribution in [3.63, 3.8) is 0 Å². The van der Waals surface area contributed by atoms with Crippen LogP contribution in [0.2, 0.25) is 0 Å². The van der Waals surface area contributed by atoms with E-state index in [4.69, 9.17) is 5.53 Å². The summed E-state index contributed by atoms with van der Waals surface area (Å²) in [5.74, 6) is 0. The molecule has 0 unspecified atom stereocenters. The molecule has 0 aliphatic rings. The molecular weight excluding hydrogens is 218 g/mol. The topological polar surface area (TPSA) is 48.8 Å². The Morgan fingerprint density at radius 1 is 1.50 bits per heavy atom. The Morgan fingerprint density at radius 2 is 2.17 bits per heavy atom. The van der Waals surface area contributed by atoms with Crippen molar-refractivity contribution in [3.8, 4) is 0 Å². The number of hydrogen-bond donors (Lipinski definition) is 0. The zero-order chi connectivity index (χ0) is 8.97. The maximum atomic E-state index is 8.17. The van der Waals surface area contributed by atoms with Crippen molar-refractivity contribution in [2.24, 2.45) is 5.11 Å². The van der Waals surface area contributed by atoms with Crippen LogP contribution in [0.4, 0.5) is 0 Å². The van der Waals surface area contributed by atoms with E-state index in [0.717, 1.165) is 10.0 Å². The molecule has 4 heteroatoms. The van der Waals surface area contributed by atoms with Crippen LogP contribution in [0.1, 0.15) is 5.56 Å². The first kappa shape index (κ1) is 8.84. The Kier molecular flexibility index (Phi) is 2.91. The molecule has 3 nitrogen and oxygen atoms in total. The van der Waals surface area contributed by atoms with Crippen molar-refractivity contribution in [3.05, 3.63) is 51.3 Å². The smallest absolute Gasteiger partial charge is 0.0387 e. The van der Waals surface area contributed by atoms with Gasteiger partial charge in [-0.15, -0.1) is 0 Å². The van der Waals surface area contributed by atoms with Gasteiger partial charge in [0.2, 0.25) is 0 Å². The van der Waals surface area contributed by atoms with E-state index in [9.17, 15) is 0 Å². The molecule has 0 aromatic heterocycles. The van der Waals surface area contributed by atoms with Crippen LogP contribution in [-0.2, 0) is 0 Å². The zero-order valence-electron chi connectivity index (χ0n) is 6.24. The summed E-state index contributed by atoms with van der Waals surface area (Å²) in [7, 11) is 0. The average molecular weight is 224 g/mol. The number of rotatable bonds is 2. The molecule has 1 aromatic rings. The van der Waals surface area contributed by atoms with Gasteiger partial charge in [0.1, 0.15) is 0 Å². The van der Waals surface area contributed by atoms with Crippen LogP contribution in [-0.4, -0.2) is 0 Å². The van der Waals surface area contributed by atoms with E-state index in [1.807, 2.05) is 24.3 Å². The Morgan fingerprint density at radius 3 is 2.75 bits per heavy atom. The lowest BCUT2D eigenvalue weighted by Crippen LogP contribution is -1.78. The van der Waals surface area contributed by atoms with Crippen molar-refractivity contribution in [1.82, 2.24) is 0 Å². The fourth-order valence-corrected chi connectivity index (χ4v) is 1.32. The van der Waals surface area contributed by atoms with E-state index < -0.39 is 0 Å². The normalized spacial score (nSPS) is 8.75. The highest BCUT2D eigenvalue weighted by Crippen LogP contribution is 2.23. The quantitative estimate of drug-likeness (QED) is 0.417. The number of hydrogen-bond acceptors (Lipinski definition) is 1. The zero-order valence-corrected chi connectivity index (χ0v) is 7.82. The summed E-state index contributed by atoms with van der Waals surface area (Å²) in [6, 6.07) is 7.45. The van der Waals surface area contributed by atoms with Crippen LogP contribution in [0.15, 0.2) is 40.4 Å². The highest BCUT2D eigenvalue weighted by Gasteiger charge is 1.99. The summed E-state index contributed by atoms with van der Waals surface area (Å²) in [6.45, 7) is 3.63. The SMILES string of the molecule is C=C(N=[N+]=[N-])c1ccccc1Br. The van der Waals surface area contributed by atoms with Gasteiger partial charge in [0.05, 0.1) is 0 Å². The molecule has 0 bridgehead atoms. The minimum Gasteiger partial charge on any atom is -0.0888 e. The molecule has 0 aliphatic heterocycles. The van der Waals surface area contributed by atoms with Crippen molar-refractivity contribution >= 4 is 21.6 Å². The second kappa shape index (κ2) is 3.95. The molecule has 1 rings (SSSR count). The molecule has 12 heavy (non-hydrogen) atoms. The molecule has 0 saturated carbocycles. The predicted octanol–water partition coefficient (Wildman–Crippen LogP) is 3.73. The summed E-state index contributed by atoms with van der Waals surface area (Å²) in [6.07, 6.45) is 0. The fraction of sp³-hybridized carbons (Fsp3) is 0. The van der Waals surface area contributed by atoms with Gasteiger partial charge in [-0.2, -0.15) is 0 Å². The van der Waals surface area contributed by atoms with E-state index >= 15 is 0 Å². The van der Waals surface area contributed by atoms with E-state index in [1.54, 1.807) is 0 Å². The summed E-state index contributed by atoms with van der Waals surface area (Å²) in [5, 5.41) is 3.41. The molecule has 0 amide bonds. The molecule has 0 radical (unpaired) electrons. The lowest BCUT2D eigenvalue weighted by molar-refractivity contribution is 1.46. The van der Waals surface area contributed by atoms with Crippen LogP contribution in [0.3, 0.4) is 0 Å². The van der Waals surface area contributed by atoms with Gasteiger partial charge in [-0.1, -0.05) is 45.8 Å². The number of halogens is 1. The highest BCUT2D eigenvalue weighted by molar-refractivity contribution is 9.10. The Hall–Kier alpha value is -1.25. The fourth-order valence-electron chi connectivity index (χ4n) is 0.803. The lowest BCUT2D eigenvalue weighted by Gasteiger charge is -2.00. The largest absolute Gasteiger partial charge is 0.0888 e. The molecule has 0 aliphatic carbocycles. The summed E-state index contributed by atoms with van der Waals surface area (Å²) < 4.78 is 0.877. The number of nitrogens with zero attached hydrogens (tertiary/aromatic N) is 3. The molecule has 1 aromatic carbocycles. The first-order valence-corrected chi connectivity index (χ1v) is 4.04. The maximum Gasteiger partial charge on any atom is 0.0387 e.